The summed E-state index contributed by atoms with van der Waals surface area (Å²) in [5.41, 5.74) is 6.07. The minimum atomic E-state index is -4.81. The Hall–Kier alpha value is -6.73. The molecule has 6 aliphatic rings. The van der Waals surface area contributed by atoms with Crippen molar-refractivity contribution in [1.82, 2.24) is 24.5 Å². The number of benzene rings is 4. The highest BCUT2D eigenvalue weighted by Crippen LogP contribution is 2.54. The van der Waals surface area contributed by atoms with Crippen molar-refractivity contribution in [2.24, 2.45) is 11.3 Å². The maximum absolute atomic E-state index is 14.4. The molecule has 1 atom stereocenters. The van der Waals surface area contributed by atoms with E-state index < -0.39 is 37.0 Å². The van der Waals surface area contributed by atoms with Crippen LogP contribution in [0.2, 0.25) is 0 Å². The van der Waals surface area contributed by atoms with E-state index in [0.717, 1.165) is 88.0 Å². The summed E-state index contributed by atoms with van der Waals surface area (Å²) in [6, 6.07) is 28.9. The molecule has 2 saturated heterocycles. The Balaban J connectivity index is 0.751. The molecule has 5 heterocycles. The third kappa shape index (κ3) is 10.6. The van der Waals surface area contributed by atoms with Crippen molar-refractivity contribution in [1.29, 1.82) is 0 Å². The van der Waals surface area contributed by atoms with Crippen molar-refractivity contribution < 1.29 is 37.5 Å². The smallest absolute Gasteiger partial charge is 0.297 e. The van der Waals surface area contributed by atoms with Crippen LogP contribution in [0.3, 0.4) is 0 Å². The third-order valence-corrected chi connectivity index (χ3v) is 19.1. The minimum Gasteiger partial charge on any atom is -0.455 e. The number of aromatic amines is 1. The molecule has 0 unspecified atom stereocenters. The highest BCUT2D eigenvalue weighted by Gasteiger charge is 2.50. The van der Waals surface area contributed by atoms with Crippen molar-refractivity contribution in [3.8, 4) is 23.0 Å². The molecule has 17 nitrogen and oxygen atoms in total. The zero-order valence-electron chi connectivity index (χ0n) is 44.7. The number of nitrogens with zero attached hydrogens (tertiary/aromatic N) is 5. The number of carbonyl (C=O) groups is 1. The zero-order valence-corrected chi connectivity index (χ0v) is 45.5. The van der Waals surface area contributed by atoms with E-state index in [1.54, 1.807) is 31.3 Å². The predicted molar refractivity (Wildman–Crippen MR) is 298 cm³/mol. The molecule has 78 heavy (non-hydrogen) atoms. The van der Waals surface area contributed by atoms with Crippen molar-refractivity contribution in [2.75, 3.05) is 56.3 Å². The molecule has 3 aliphatic heterocycles. The fourth-order valence-corrected chi connectivity index (χ4v) is 14.2. The molecule has 410 valence electrons. The van der Waals surface area contributed by atoms with Gasteiger partial charge in [-0.05, 0) is 141 Å². The predicted octanol–water partition coefficient (Wildman–Crippen LogP) is 10.8. The van der Waals surface area contributed by atoms with E-state index >= 15 is 0 Å². The SMILES string of the molecule is CC(C)c1ccccc1[C@@H]1CN(Cc2ccc(C3CC3)cc2)CCN1C1CC2(CCN(c3ccc(C(=O)NS(=O)(=O)c4cc([N+](=O)[O-])c(NCC5CCC(C)(O)CC5)c5c4OCO5)c(Oc4cnc5[nH]ccc5c4)c3)CC2)C1. The summed E-state index contributed by atoms with van der Waals surface area (Å²) in [6.45, 7) is 12.0. The normalized spacial score (nSPS) is 22.7. The van der Waals surface area contributed by atoms with Gasteiger partial charge < -0.3 is 34.5 Å². The Morgan fingerprint density at radius 2 is 1.69 bits per heavy atom. The van der Waals surface area contributed by atoms with E-state index in [0.29, 0.717) is 61.6 Å². The Morgan fingerprint density at radius 3 is 2.44 bits per heavy atom. The third-order valence-electron chi connectivity index (χ3n) is 17.8. The van der Waals surface area contributed by atoms with Crippen molar-refractivity contribution in [3.63, 3.8) is 0 Å². The number of piperazine rings is 1. The number of amides is 1. The highest BCUT2D eigenvalue weighted by atomic mass is 32.2. The second kappa shape index (κ2) is 20.8. The molecule has 2 aromatic heterocycles. The average Bonchev–Trinajstić information content (AvgIpc) is 4.12. The van der Waals surface area contributed by atoms with Crippen LogP contribution >= 0.6 is 0 Å². The Morgan fingerprint density at radius 1 is 0.936 bits per heavy atom. The van der Waals surface area contributed by atoms with Gasteiger partial charge in [0, 0.05) is 87.3 Å². The maximum Gasteiger partial charge on any atom is 0.297 e. The molecule has 18 heteroatoms. The lowest BCUT2D eigenvalue weighted by Gasteiger charge is -2.58. The van der Waals surface area contributed by atoms with Crippen LogP contribution in [-0.2, 0) is 16.6 Å². The first-order valence-corrected chi connectivity index (χ1v) is 29.4. The van der Waals surface area contributed by atoms with E-state index in [2.05, 4.69) is 97.1 Å². The zero-order chi connectivity index (χ0) is 53.9. The molecule has 5 fully saturated rings. The van der Waals surface area contributed by atoms with Gasteiger partial charge in [0.1, 0.15) is 22.0 Å². The highest BCUT2D eigenvalue weighted by molar-refractivity contribution is 7.90. The summed E-state index contributed by atoms with van der Waals surface area (Å²) in [4.78, 5) is 41.0. The van der Waals surface area contributed by atoms with E-state index in [1.807, 2.05) is 12.1 Å². The van der Waals surface area contributed by atoms with E-state index in [1.165, 1.54) is 41.3 Å². The number of anilines is 2. The average molecular weight is 1080 g/mol. The number of sulfonamides is 1. The van der Waals surface area contributed by atoms with Crippen LogP contribution in [0.25, 0.3) is 11.0 Å². The summed E-state index contributed by atoms with van der Waals surface area (Å²) in [5.74, 6) is 0.377. The lowest BCUT2D eigenvalue weighted by molar-refractivity contribution is -0.384. The molecule has 3 saturated carbocycles. The van der Waals surface area contributed by atoms with Gasteiger partial charge in [-0.15, -0.1) is 0 Å². The molecule has 0 radical (unpaired) electrons. The molecule has 3 aliphatic carbocycles. The summed E-state index contributed by atoms with van der Waals surface area (Å²) in [7, 11) is -4.81. The number of rotatable bonds is 16. The first-order valence-electron chi connectivity index (χ1n) is 27.9. The van der Waals surface area contributed by atoms with Crippen LogP contribution in [-0.4, -0.2) is 102 Å². The Labute approximate surface area is 455 Å². The van der Waals surface area contributed by atoms with Gasteiger partial charge >= 0.3 is 0 Å². The fourth-order valence-electron chi connectivity index (χ4n) is 13.0. The number of fused-ring (bicyclic) bond motifs is 2. The van der Waals surface area contributed by atoms with Crippen LogP contribution in [0.4, 0.5) is 17.1 Å². The summed E-state index contributed by atoms with van der Waals surface area (Å²) in [5, 5.41) is 26.9. The second-order valence-corrected chi connectivity index (χ2v) is 25.2. The van der Waals surface area contributed by atoms with Crippen LogP contribution in [0.1, 0.15) is 135 Å². The Bertz CT molecular complexity index is 3330. The molecule has 0 bridgehead atoms. The van der Waals surface area contributed by atoms with Crippen LogP contribution < -0.4 is 29.1 Å². The van der Waals surface area contributed by atoms with Gasteiger partial charge in [0.05, 0.1) is 22.3 Å². The number of H-pyrrole nitrogens is 1. The molecular formula is C60H70N8O9S. The number of pyridine rings is 1. The number of hydrogen-bond acceptors (Lipinski definition) is 14. The van der Waals surface area contributed by atoms with Gasteiger partial charge in [0.25, 0.3) is 21.6 Å². The number of hydrogen-bond donors (Lipinski definition) is 4. The standard InChI is InChI=1S/C60H70N8O9S/c1-38(2)47-6-4-5-7-48(47)51-36-65(35-40-8-10-41(11-9-40)42-12-13-42)26-27-67(51)45-31-60(32-45)21-24-66(25-22-60)44-14-15-49(52(29-44)77-46-28-43-18-23-61-57(43)63-34-46)58(69)64-78(73,74)53-30-50(68(71)72)54(56-55(53)75-37-76-56)62-33-39-16-19-59(3,70)20-17-39/h4-11,14-15,18,23,28-30,34,38-39,42,45,51,62,70H,12-13,16-17,19-22,24-27,31-33,35-37H2,1-3H3,(H,61,63)(H,64,69)/t39?,51-,59?/m0/s1. The molecule has 1 spiro atoms. The van der Waals surface area contributed by atoms with Crippen LogP contribution in [0, 0.1) is 21.4 Å². The minimum absolute atomic E-state index is 0.0123. The molecule has 4 aromatic carbocycles. The van der Waals surface area contributed by atoms with Gasteiger partial charge in [-0.3, -0.25) is 24.7 Å². The number of nitro groups is 1. The number of piperidine rings is 1. The molecule has 4 N–H and O–H groups in total. The number of nitro benzene ring substituents is 1. The van der Waals surface area contributed by atoms with E-state index in [-0.39, 0.29) is 46.6 Å². The fraction of sp³-hybridized carbons (Fsp3) is 0.467. The van der Waals surface area contributed by atoms with Gasteiger partial charge in [0.15, 0.2) is 17.2 Å². The van der Waals surface area contributed by atoms with E-state index in [4.69, 9.17) is 14.2 Å². The largest absolute Gasteiger partial charge is 0.455 e. The lowest BCUT2D eigenvalue weighted by atomic mass is 9.59. The van der Waals surface area contributed by atoms with E-state index in [9.17, 15) is 28.4 Å². The molecule has 6 aromatic rings. The monoisotopic (exact) mass is 1080 g/mol. The number of ether oxygens (including phenoxy) is 3. The van der Waals surface area contributed by atoms with Gasteiger partial charge in [0.2, 0.25) is 6.79 Å². The number of carbonyl (C=O) groups excluding carboxylic acids is 1. The van der Waals surface area contributed by atoms with Crippen LogP contribution in [0.15, 0.2) is 102 Å². The quantitative estimate of drug-likeness (QED) is 0.0526. The lowest BCUT2D eigenvalue weighted by Crippen LogP contribution is -2.60. The van der Waals surface area contributed by atoms with Gasteiger partial charge in [-0.25, -0.2) is 18.1 Å². The second-order valence-electron chi connectivity index (χ2n) is 23.6. The molecule has 12 rings (SSSR count). The number of aliphatic hydroxyl groups is 1. The summed E-state index contributed by atoms with van der Waals surface area (Å²) in [6.07, 6.45) is 12.9. The van der Waals surface area contributed by atoms with Crippen molar-refractivity contribution in [2.45, 2.75) is 126 Å². The first kappa shape index (κ1) is 52.0. The number of aromatic nitrogens is 2. The first-order chi connectivity index (χ1) is 37.6. The summed E-state index contributed by atoms with van der Waals surface area (Å²) >= 11 is 0. The maximum atomic E-state index is 14.4. The molecule has 1 amide bonds. The van der Waals surface area contributed by atoms with Gasteiger partial charge in [-0.1, -0.05) is 62.4 Å². The van der Waals surface area contributed by atoms with Gasteiger partial charge in [-0.2, -0.15) is 0 Å². The Kier molecular flexibility index (Phi) is 13.9. The molecular weight excluding hydrogens is 1010 g/mol. The van der Waals surface area contributed by atoms with Crippen molar-refractivity contribution in [3.05, 3.63) is 135 Å². The van der Waals surface area contributed by atoms with Crippen molar-refractivity contribution >= 4 is 44.0 Å². The van der Waals surface area contributed by atoms with Crippen LogP contribution in [0.5, 0.6) is 23.0 Å². The number of nitrogens with one attached hydrogen (secondary N) is 3. The topological polar surface area (TPSA) is 205 Å². The summed E-state index contributed by atoms with van der Waals surface area (Å²) < 4.78 is 48.5.